The van der Waals surface area contributed by atoms with E-state index in [0.717, 1.165) is 16.8 Å². The SMILES string of the molecule is CCOc1ccccc1C(=O)NC(C(=O)Nc1cccc(C)c1C)C(C)C. The Labute approximate surface area is 161 Å². The summed E-state index contributed by atoms with van der Waals surface area (Å²) >= 11 is 0. The van der Waals surface area contributed by atoms with Crippen LogP contribution < -0.4 is 15.4 Å². The molecule has 0 aliphatic rings. The van der Waals surface area contributed by atoms with E-state index in [0.29, 0.717) is 17.9 Å². The van der Waals surface area contributed by atoms with Gasteiger partial charge in [0.1, 0.15) is 11.8 Å². The summed E-state index contributed by atoms with van der Waals surface area (Å²) in [5.41, 5.74) is 3.30. The Kier molecular flexibility index (Phi) is 6.99. The maximum atomic E-state index is 12.8. The lowest BCUT2D eigenvalue weighted by Gasteiger charge is -2.23. The number of para-hydroxylation sites is 1. The Morgan fingerprint density at radius 2 is 1.74 bits per heavy atom. The molecule has 144 valence electrons. The van der Waals surface area contributed by atoms with Crippen LogP contribution in [0.3, 0.4) is 0 Å². The molecule has 5 nitrogen and oxygen atoms in total. The molecule has 1 atom stereocenters. The molecule has 0 aromatic heterocycles. The van der Waals surface area contributed by atoms with Gasteiger partial charge in [-0.05, 0) is 56.0 Å². The van der Waals surface area contributed by atoms with Gasteiger partial charge in [-0.15, -0.1) is 0 Å². The minimum absolute atomic E-state index is 0.0710. The Bertz CT molecular complexity index is 815. The zero-order chi connectivity index (χ0) is 20.0. The molecule has 0 fully saturated rings. The molecule has 2 rings (SSSR count). The van der Waals surface area contributed by atoms with Gasteiger partial charge in [0.25, 0.3) is 5.91 Å². The zero-order valence-corrected chi connectivity index (χ0v) is 16.6. The third-order valence-electron chi connectivity index (χ3n) is 4.53. The molecule has 0 aliphatic carbocycles. The number of rotatable bonds is 7. The van der Waals surface area contributed by atoms with Crippen molar-refractivity contribution in [3.8, 4) is 5.75 Å². The summed E-state index contributed by atoms with van der Waals surface area (Å²) in [6.45, 7) is 10.1. The van der Waals surface area contributed by atoms with Gasteiger partial charge in [0, 0.05) is 5.69 Å². The van der Waals surface area contributed by atoms with E-state index >= 15 is 0 Å². The molecule has 0 saturated heterocycles. The molecule has 0 aliphatic heterocycles. The van der Waals surface area contributed by atoms with Gasteiger partial charge < -0.3 is 15.4 Å². The van der Waals surface area contributed by atoms with Crippen LogP contribution in [0.25, 0.3) is 0 Å². The van der Waals surface area contributed by atoms with Gasteiger partial charge in [-0.3, -0.25) is 9.59 Å². The fourth-order valence-corrected chi connectivity index (χ4v) is 2.79. The normalized spacial score (nSPS) is 11.8. The first-order valence-electron chi connectivity index (χ1n) is 9.24. The average Bonchev–Trinajstić information content (AvgIpc) is 2.63. The van der Waals surface area contributed by atoms with Gasteiger partial charge in [0.15, 0.2) is 0 Å². The minimum atomic E-state index is -0.660. The number of carbonyl (C=O) groups excluding carboxylic acids is 2. The second kappa shape index (κ2) is 9.21. The summed E-state index contributed by atoms with van der Waals surface area (Å²) in [5.74, 6) is -0.122. The molecule has 5 heteroatoms. The predicted octanol–water partition coefficient (Wildman–Crippen LogP) is 4.10. The molecule has 0 spiro atoms. The largest absolute Gasteiger partial charge is 0.493 e. The first kappa shape index (κ1) is 20.5. The van der Waals surface area contributed by atoms with Crippen LogP contribution in [-0.2, 0) is 4.79 Å². The first-order chi connectivity index (χ1) is 12.8. The number of benzene rings is 2. The van der Waals surface area contributed by atoms with Gasteiger partial charge in [-0.1, -0.05) is 38.1 Å². The number of nitrogens with one attached hydrogen (secondary N) is 2. The monoisotopic (exact) mass is 368 g/mol. The number of amides is 2. The summed E-state index contributed by atoms with van der Waals surface area (Å²) in [6, 6.07) is 12.1. The van der Waals surface area contributed by atoms with Crippen molar-refractivity contribution in [1.82, 2.24) is 5.32 Å². The van der Waals surface area contributed by atoms with Gasteiger partial charge in [-0.2, -0.15) is 0 Å². The third-order valence-corrected chi connectivity index (χ3v) is 4.53. The van der Waals surface area contributed by atoms with Gasteiger partial charge in [0.2, 0.25) is 5.91 Å². The molecular formula is C22H28N2O3. The molecule has 2 amide bonds. The summed E-state index contributed by atoms with van der Waals surface area (Å²) in [5, 5.41) is 5.80. The van der Waals surface area contributed by atoms with E-state index in [1.807, 2.05) is 58.9 Å². The molecule has 0 saturated carbocycles. The summed E-state index contributed by atoms with van der Waals surface area (Å²) < 4.78 is 5.52. The van der Waals surface area contributed by atoms with Crippen molar-refractivity contribution in [1.29, 1.82) is 0 Å². The minimum Gasteiger partial charge on any atom is -0.493 e. The lowest BCUT2D eigenvalue weighted by Crippen LogP contribution is -2.47. The van der Waals surface area contributed by atoms with Crippen LogP contribution in [0.5, 0.6) is 5.75 Å². The van der Waals surface area contributed by atoms with Crippen LogP contribution in [0.1, 0.15) is 42.3 Å². The smallest absolute Gasteiger partial charge is 0.255 e. The quantitative estimate of drug-likeness (QED) is 0.773. The zero-order valence-electron chi connectivity index (χ0n) is 16.6. The van der Waals surface area contributed by atoms with Crippen molar-refractivity contribution in [3.63, 3.8) is 0 Å². The second-order valence-electron chi connectivity index (χ2n) is 6.86. The molecule has 2 aromatic carbocycles. The van der Waals surface area contributed by atoms with Gasteiger partial charge in [-0.25, -0.2) is 0 Å². The summed E-state index contributed by atoms with van der Waals surface area (Å²) in [6.07, 6.45) is 0. The van der Waals surface area contributed by atoms with E-state index in [1.54, 1.807) is 18.2 Å². The summed E-state index contributed by atoms with van der Waals surface area (Å²) in [7, 11) is 0. The highest BCUT2D eigenvalue weighted by atomic mass is 16.5. The lowest BCUT2D eigenvalue weighted by molar-refractivity contribution is -0.118. The van der Waals surface area contributed by atoms with E-state index < -0.39 is 6.04 Å². The van der Waals surface area contributed by atoms with E-state index in [9.17, 15) is 9.59 Å². The number of hydrogen-bond donors (Lipinski definition) is 2. The number of aryl methyl sites for hydroxylation is 1. The molecular weight excluding hydrogens is 340 g/mol. The van der Waals surface area contributed by atoms with Crippen LogP contribution in [0.15, 0.2) is 42.5 Å². The molecule has 27 heavy (non-hydrogen) atoms. The first-order valence-corrected chi connectivity index (χ1v) is 9.24. The highest BCUT2D eigenvalue weighted by Gasteiger charge is 2.26. The average molecular weight is 368 g/mol. The van der Waals surface area contributed by atoms with Crippen LogP contribution >= 0.6 is 0 Å². The van der Waals surface area contributed by atoms with E-state index in [4.69, 9.17) is 4.74 Å². The van der Waals surface area contributed by atoms with Crippen molar-refractivity contribution in [2.24, 2.45) is 5.92 Å². The third kappa shape index (κ3) is 5.09. The standard InChI is InChI=1S/C22H28N2O3/c1-6-27-19-13-8-7-11-17(19)21(25)24-20(14(2)3)22(26)23-18-12-9-10-15(4)16(18)5/h7-14,20H,6H2,1-5H3,(H,23,26)(H,24,25). The summed E-state index contributed by atoms with van der Waals surface area (Å²) in [4.78, 5) is 25.6. The van der Waals surface area contributed by atoms with E-state index in [1.165, 1.54) is 0 Å². The topological polar surface area (TPSA) is 67.4 Å². The molecule has 1 unspecified atom stereocenters. The van der Waals surface area contributed by atoms with Crippen LogP contribution in [0, 0.1) is 19.8 Å². The molecule has 2 aromatic rings. The number of anilines is 1. The molecule has 2 N–H and O–H groups in total. The number of carbonyl (C=O) groups is 2. The fourth-order valence-electron chi connectivity index (χ4n) is 2.79. The molecule has 0 heterocycles. The second-order valence-corrected chi connectivity index (χ2v) is 6.86. The van der Waals surface area contributed by atoms with Crippen molar-refractivity contribution in [3.05, 3.63) is 59.2 Å². The Hall–Kier alpha value is -2.82. The lowest BCUT2D eigenvalue weighted by atomic mass is 10.0. The Morgan fingerprint density at radius 1 is 1.04 bits per heavy atom. The van der Waals surface area contributed by atoms with Crippen LogP contribution in [-0.4, -0.2) is 24.5 Å². The van der Waals surface area contributed by atoms with Crippen molar-refractivity contribution >= 4 is 17.5 Å². The van der Waals surface area contributed by atoms with Crippen molar-refractivity contribution in [2.45, 2.75) is 40.7 Å². The highest BCUT2D eigenvalue weighted by molar-refractivity contribution is 6.02. The van der Waals surface area contributed by atoms with Gasteiger partial charge >= 0.3 is 0 Å². The fraction of sp³-hybridized carbons (Fsp3) is 0.364. The van der Waals surface area contributed by atoms with Crippen molar-refractivity contribution < 1.29 is 14.3 Å². The Balaban J connectivity index is 2.19. The number of ether oxygens (including phenoxy) is 1. The predicted molar refractivity (Wildman–Crippen MR) is 108 cm³/mol. The van der Waals surface area contributed by atoms with E-state index in [2.05, 4.69) is 10.6 Å². The van der Waals surface area contributed by atoms with E-state index in [-0.39, 0.29) is 17.7 Å². The van der Waals surface area contributed by atoms with Gasteiger partial charge in [0.05, 0.1) is 12.2 Å². The molecule has 0 radical (unpaired) electrons. The maximum Gasteiger partial charge on any atom is 0.255 e. The van der Waals surface area contributed by atoms with Crippen LogP contribution in [0.2, 0.25) is 0 Å². The van der Waals surface area contributed by atoms with Crippen LogP contribution in [0.4, 0.5) is 5.69 Å². The molecule has 0 bridgehead atoms. The van der Waals surface area contributed by atoms with Crippen molar-refractivity contribution in [2.75, 3.05) is 11.9 Å². The Morgan fingerprint density at radius 3 is 2.41 bits per heavy atom. The highest BCUT2D eigenvalue weighted by Crippen LogP contribution is 2.20. The number of hydrogen-bond acceptors (Lipinski definition) is 3. The maximum absolute atomic E-state index is 12.8.